The summed E-state index contributed by atoms with van der Waals surface area (Å²) in [5, 5.41) is 0. The van der Waals surface area contributed by atoms with Gasteiger partial charge in [-0.2, -0.15) is 0 Å². The Morgan fingerprint density at radius 1 is 0.976 bits per heavy atom. The van der Waals surface area contributed by atoms with Gasteiger partial charge in [-0.05, 0) is 104 Å². The van der Waals surface area contributed by atoms with Crippen LogP contribution in [0.4, 0.5) is 0 Å². The Morgan fingerprint density at radius 3 is 2.10 bits per heavy atom. The van der Waals surface area contributed by atoms with Gasteiger partial charge in [0.25, 0.3) is 0 Å². The van der Waals surface area contributed by atoms with E-state index in [9.17, 15) is 4.79 Å². The Balaban J connectivity index is 1.80. The second kappa shape index (κ2) is 12.2. The van der Waals surface area contributed by atoms with E-state index in [1.807, 2.05) is 0 Å². The maximum atomic E-state index is 15.1. The number of carbonyl (C=O) groups is 2. The average Bonchev–Trinajstić information content (AvgIpc) is 2.88. The third kappa shape index (κ3) is 5.27. The molecule has 4 aliphatic carbocycles. The van der Waals surface area contributed by atoms with Gasteiger partial charge in [-0.15, -0.1) is 0 Å². The van der Waals surface area contributed by atoms with Gasteiger partial charge in [0.2, 0.25) is 0 Å². The van der Waals surface area contributed by atoms with E-state index in [0.717, 1.165) is 48.3 Å². The SMILES string of the molecule is CCCCC(CCCC)CC1CC(C(C)C)=C2CC3(C)CC4(C)CC(C)C(=C(C)C)C(=O)C4(C)C(C)C3C(=O)C2=C1C. The van der Waals surface area contributed by atoms with Crippen molar-refractivity contribution >= 4 is 11.6 Å². The van der Waals surface area contributed by atoms with Crippen LogP contribution in [0.15, 0.2) is 33.4 Å². The molecule has 3 fully saturated rings. The highest BCUT2D eigenvalue weighted by atomic mass is 16.1. The van der Waals surface area contributed by atoms with Crippen molar-refractivity contribution in [3.05, 3.63) is 33.4 Å². The smallest absolute Gasteiger partial charge is 0.167 e. The van der Waals surface area contributed by atoms with Gasteiger partial charge in [0.1, 0.15) is 0 Å². The summed E-state index contributed by atoms with van der Waals surface area (Å²) in [6, 6.07) is 0. The number of ketones is 2. The Labute approximate surface area is 259 Å². The number of carbonyl (C=O) groups excluding carboxylic acids is 2. The fourth-order valence-electron chi connectivity index (χ4n) is 11.0. The largest absolute Gasteiger partial charge is 0.294 e. The number of unbranched alkanes of at least 4 members (excludes halogenated alkanes) is 2. The van der Waals surface area contributed by atoms with Gasteiger partial charge in [0.15, 0.2) is 11.6 Å². The van der Waals surface area contributed by atoms with Crippen molar-refractivity contribution in [2.75, 3.05) is 0 Å². The topological polar surface area (TPSA) is 34.1 Å². The number of hydrogen-bond donors (Lipinski definition) is 0. The van der Waals surface area contributed by atoms with Crippen LogP contribution in [0.1, 0.15) is 154 Å². The van der Waals surface area contributed by atoms with Crippen molar-refractivity contribution in [2.45, 2.75) is 154 Å². The third-order valence-electron chi connectivity index (χ3n) is 13.2. The van der Waals surface area contributed by atoms with Gasteiger partial charge in [-0.25, -0.2) is 0 Å². The molecule has 0 spiro atoms. The zero-order chi connectivity index (χ0) is 31.4. The van der Waals surface area contributed by atoms with Crippen LogP contribution in [0.5, 0.6) is 0 Å². The van der Waals surface area contributed by atoms with Crippen molar-refractivity contribution in [3.8, 4) is 0 Å². The minimum Gasteiger partial charge on any atom is -0.294 e. The zero-order valence-corrected chi connectivity index (χ0v) is 29.6. The summed E-state index contributed by atoms with van der Waals surface area (Å²) in [6.45, 7) is 27.4. The Hall–Kier alpha value is -1.44. The molecular weight excluding hydrogens is 512 g/mol. The molecule has 0 aromatic rings. The van der Waals surface area contributed by atoms with Gasteiger partial charge >= 0.3 is 0 Å². The summed E-state index contributed by atoms with van der Waals surface area (Å²) in [5.41, 5.74) is 6.91. The van der Waals surface area contributed by atoms with Crippen molar-refractivity contribution < 1.29 is 9.59 Å². The van der Waals surface area contributed by atoms with Crippen LogP contribution in [0.3, 0.4) is 0 Å². The molecule has 0 N–H and O–H groups in total. The van der Waals surface area contributed by atoms with E-state index in [2.05, 4.69) is 83.1 Å². The van der Waals surface area contributed by atoms with E-state index in [1.54, 1.807) is 5.57 Å². The fraction of sp³-hybridized carbons (Fsp3) is 0.800. The zero-order valence-electron chi connectivity index (χ0n) is 29.6. The van der Waals surface area contributed by atoms with Crippen LogP contribution in [0.2, 0.25) is 0 Å². The van der Waals surface area contributed by atoms with Crippen molar-refractivity contribution in [1.29, 1.82) is 0 Å². The molecule has 0 radical (unpaired) electrons. The van der Waals surface area contributed by atoms with Gasteiger partial charge in [-0.1, -0.05) is 118 Å². The second-order valence-corrected chi connectivity index (χ2v) is 16.8. The van der Waals surface area contributed by atoms with Crippen LogP contribution in [0, 0.1) is 51.8 Å². The monoisotopic (exact) mass is 576 g/mol. The van der Waals surface area contributed by atoms with Gasteiger partial charge in [0, 0.05) is 16.9 Å². The summed E-state index contributed by atoms with van der Waals surface area (Å²) >= 11 is 0. The van der Waals surface area contributed by atoms with Crippen LogP contribution in [0.25, 0.3) is 0 Å². The second-order valence-electron chi connectivity index (χ2n) is 16.8. The lowest BCUT2D eigenvalue weighted by Gasteiger charge is -2.66. The molecule has 0 bridgehead atoms. The number of rotatable bonds is 9. The van der Waals surface area contributed by atoms with E-state index in [4.69, 9.17) is 0 Å². The summed E-state index contributed by atoms with van der Waals surface area (Å²) < 4.78 is 0. The molecule has 42 heavy (non-hydrogen) atoms. The maximum absolute atomic E-state index is 15.1. The van der Waals surface area contributed by atoms with Gasteiger partial charge < -0.3 is 0 Å². The molecule has 236 valence electrons. The molecule has 3 saturated carbocycles. The predicted octanol–water partition coefficient (Wildman–Crippen LogP) is 11.3. The van der Waals surface area contributed by atoms with Crippen molar-refractivity contribution in [2.24, 2.45) is 51.8 Å². The lowest BCUT2D eigenvalue weighted by Crippen LogP contribution is -2.65. The molecule has 0 heterocycles. The molecule has 0 aliphatic heterocycles. The highest BCUT2D eigenvalue weighted by Gasteiger charge is 2.68. The molecule has 0 saturated heterocycles. The molecule has 2 heteroatoms. The molecule has 2 nitrogen and oxygen atoms in total. The first kappa shape index (κ1) is 33.5. The molecule has 7 atom stereocenters. The Bertz CT molecular complexity index is 1170. The summed E-state index contributed by atoms with van der Waals surface area (Å²) in [6.07, 6.45) is 13.1. The molecule has 4 aliphatic rings. The van der Waals surface area contributed by atoms with Gasteiger partial charge in [0.05, 0.1) is 0 Å². The minimum absolute atomic E-state index is 0.0229. The average molecular weight is 577 g/mol. The fourth-order valence-corrected chi connectivity index (χ4v) is 11.0. The summed E-state index contributed by atoms with van der Waals surface area (Å²) in [5.74, 6) is 2.60. The summed E-state index contributed by atoms with van der Waals surface area (Å²) in [7, 11) is 0. The molecule has 0 aromatic carbocycles. The molecule has 0 aromatic heterocycles. The van der Waals surface area contributed by atoms with Crippen LogP contribution < -0.4 is 0 Å². The number of allylic oxidation sites excluding steroid dienone is 6. The Kier molecular flexibility index (Phi) is 9.68. The van der Waals surface area contributed by atoms with E-state index >= 15 is 4.79 Å². The first-order valence-electron chi connectivity index (χ1n) is 17.8. The highest BCUT2D eigenvalue weighted by Crippen LogP contribution is 2.70. The van der Waals surface area contributed by atoms with Crippen LogP contribution >= 0.6 is 0 Å². The molecule has 4 rings (SSSR count). The van der Waals surface area contributed by atoms with Crippen molar-refractivity contribution in [1.82, 2.24) is 0 Å². The lowest BCUT2D eigenvalue weighted by molar-refractivity contribution is -0.175. The standard InChI is InChI=1S/C40H64O2/c1-13-15-17-29(18-16-14-2)19-30-20-31(24(3)4)32-22-38(10)23-39(11)21-26(7)33(25(5)6)37(42)40(39,12)28(9)35(38)36(41)34(32)27(30)8/h24,26,28-30,35H,13-23H2,1-12H3. The number of hydrogen-bond acceptors (Lipinski definition) is 2. The molecule has 0 amide bonds. The number of Topliss-reactive ketones (excluding diaryl/α,β-unsaturated/α-hetero) is 2. The van der Waals surface area contributed by atoms with E-state index < -0.39 is 5.41 Å². The van der Waals surface area contributed by atoms with Gasteiger partial charge in [-0.3, -0.25) is 9.59 Å². The van der Waals surface area contributed by atoms with Crippen LogP contribution in [-0.4, -0.2) is 11.6 Å². The summed E-state index contributed by atoms with van der Waals surface area (Å²) in [4.78, 5) is 29.5. The first-order chi connectivity index (χ1) is 19.6. The lowest BCUT2D eigenvalue weighted by atomic mass is 9.36. The number of fused-ring (bicyclic) bond motifs is 3. The van der Waals surface area contributed by atoms with E-state index in [1.165, 1.54) is 56.1 Å². The Morgan fingerprint density at radius 2 is 1.57 bits per heavy atom. The quantitative estimate of drug-likeness (QED) is 0.256. The van der Waals surface area contributed by atoms with Crippen molar-refractivity contribution in [3.63, 3.8) is 0 Å². The van der Waals surface area contributed by atoms with Crippen LogP contribution in [-0.2, 0) is 9.59 Å². The first-order valence-corrected chi connectivity index (χ1v) is 17.8. The predicted molar refractivity (Wildman–Crippen MR) is 178 cm³/mol. The van der Waals surface area contributed by atoms with E-state index in [0.29, 0.717) is 23.4 Å². The van der Waals surface area contributed by atoms with E-state index in [-0.39, 0.29) is 28.6 Å². The highest BCUT2D eigenvalue weighted by molar-refractivity contribution is 6.07. The third-order valence-corrected chi connectivity index (χ3v) is 13.2. The normalized spacial score (nSPS) is 37.0. The minimum atomic E-state index is -0.512. The molecule has 7 unspecified atom stereocenters. The molecular formula is C40H64O2. The maximum Gasteiger partial charge on any atom is 0.167 e.